The van der Waals surface area contributed by atoms with Crippen LogP contribution in [0.15, 0.2) is 30.9 Å². The van der Waals surface area contributed by atoms with Gasteiger partial charge in [-0.15, -0.1) is 10.2 Å². The number of hydrogen-bond donors (Lipinski definition) is 1. The minimum Gasteiger partial charge on any atom is -0.373 e. The van der Waals surface area contributed by atoms with Crippen LogP contribution >= 0.6 is 0 Å². The highest BCUT2D eigenvalue weighted by molar-refractivity contribution is 5.67. The van der Waals surface area contributed by atoms with Crippen LogP contribution in [0.1, 0.15) is 50.9 Å². The molecule has 0 saturated heterocycles. The standard InChI is InChI=1S/C20H24N8/c1-3-15-20-26-24-12-27(20)16-11-23-18(13-8-9-22-17(10-13)21-2)25-19(16)28(15)14-6-4-5-7-14/h8-12,14-15H,3-7H2,1-2H3,(H,21,22)/t15-/m1/s1. The lowest BCUT2D eigenvalue weighted by molar-refractivity contribution is 0.469. The van der Waals surface area contributed by atoms with E-state index in [1.165, 1.54) is 25.7 Å². The van der Waals surface area contributed by atoms with Crippen molar-refractivity contribution in [2.75, 3.05) is 17.3 Å². The van der Waals surface area contributed by atoms with Gasteiger partial charge in [0.05, 0.1) is 12.2 Å². The van der Waals surface area contributed by atoms with Gasteiger partial charge < -0.3 is 10.2 Å². The largest absolute Gasteiger partial charge is 0.373 e. The van der Waals surface area contributed by atoms with E-state index in [4.69, 9.17) is 4.98 Å². The molecule has 0 spiro atoms. The summed E-state index contributed by atoms with van der Waals surface area (Å²) in [6.45, 7) is 2.21. The zero-order chi connectivity index (χ0) is 19.1. The predicted octanol–water partition coefficient (Wildman–Crippen LogP) is 3.37. The fourth-order valence-corrected chi connectivity index (χ4v) is 4.49. The number of nitrogens with one attached hydrogen (secondary N) is 1. The van der Waals surface area contributed by atoms with Crippen molar-refractivity contribution in [3.05, 3.63) is 36.7 Å². The third-order valence-electron chi connectivity index (χ3n) is 5.84. The number of hydrogen-bond acceptors (Lipinski definition) is 7. The first kappa shape index (κ1) is 17.1. The first-order valence-corrected chi connectivity index (χ1v) is 10.00. The monoisotopic (exact) mass is 376 g/mol. The predicted molar refractivity (Wildman–Crippen MR) is 107 cm³/mol. The van der Waals surface area contributed by atoms with Crippen molar-refractivity contribution in [1.29, 1.82) is 0 Å². The van der Waals surface area contributed by atoms with Crippen LogP contribution in [-0.4, -0.2) is 42.8 Å². The molecule has 1 aliphatic carbocycles. The lowest BCUT2D eigenvalue weighted by atomic mass is 10.0. The molecular weight excluding hydrogens is 352 g/mol. The van der Waals surface area contributed by atoms with E-state index in [-0.39, 0.29) is 6.04 Å². The van der Waals surface area contributed by atoms with Crippen molar-refractivity contribution in [2.24, 2.45) is 0 Å². The lowest BCUT2D eigenvalue weighted by Crippen LogP contribution is -2.42. The number of anilines is 2. The molecule has 0 amide bonds. The molecule has 4 heterocycles. The number of nitrogens with zero attached hydrogens (tertiary/aromatic N) is 7. The molecule has 3 aromatic rings. The molecule has 1 fully saturated rings. The molecule has 1 atom stereocenters. The number of pyridine rings is 1. The van der Waals surface area contributed by atoms with Gasteiger partial charge >= 0.3 is 0 Å². The Kier molecular flexibility index (Phi) is 4.18. The summed E-state index contributed by atoms with van der Waals surface area (Å²) in [6.07, 6.45) is 11.4. The van der Waals surface area contributed by atoms with Crippen LogP contribution in [0.4, 0.5) is 11.6 Å². The van der Waals surface area contributed by atoms with Crippen LogP contribution in [0.5, 0.6) is 0 Å². The maximum atomic E-state index is 5.04. The van der Waals surface area contributed by atoms with Crippen LogP contribution in [-0.2, 0) is 0 Å². The Bertz CT molecular complexity index is 991. The minimum atomic E-state index is 0.186. The average Bonchev–Trinajstić information content (AvgIpc) is 3.44. The third kappa shape index (κ3) is 2.63. The molecule has 2 aliphatic rings. The topological polar surface area (TPSA) is 84.6 Å². The summed E-state index contributed by atoms with van der Waals surface area (Å²) in [7, 11) is 1.86. The van der Waals surface area contributed by atoms with E-state index in [1.807, 2.05) is 29.9 Å². The summed E-state index contributed by atoms with van der Waals surface area (Å²) in [5.41, 5.74) is 1.92. The van der Waals surface area contributed by atoms with Crippen molar-refractivity contribution in [3.63, 3.8) is 0 Å². The quantitative estimate of drug-likeness (QED) is 0.747. The SMILES string of the molecule is CC[C@@H]1c2nncn2-c2cnc(-c3ccnc(NC)c3)nc2N1C1CCCC1. The molecular formula is C20H24N8. The highest BCUT2D eigenvalue weighted by Crippen LogP contribution is 2.42. The van der Waals surface area contributed by atoms with Crippen molar-refractivity contribution in [2.45, 2.75) is 51.1 Å². The molecule has 5 rings (SSSR count). The van der Waals surface area contributed by atoms with Gasteiger partial charge in [0, 0.05) is 24.8 Å². The van der Waals surface area contributed by atoms with Gasteiger partial charge in [-0.3, -0.25) is 4.57 Å². The molecule has 3 aromatic heterocycles. The molecule has 28 heavy (non-hydrogen) atoms. The molecule has 1 saturated carbocycles. The second-order valence-electron chi connectivity index (χ2n) is 7.41. The highest BCUT2D eigenvalue weighted by Gasteiger charge is 2.38. The Hall–Kier alpha value is -3.03. The first-order valence-electron chi connectivity index (χ1n) is 10.00. The van der Waals surface area contributed by atoms with Crippen molar-refractivity contribution >= 4 is 11.6 Å². The summed E-state index contributed by atoms with van der Waals surface area (Å²) in [5, 5.41) is 11.7. The maximum Gasteiger partial charge on any atom is 0.161 e. The molecule has 0 unspecified atom stereocenters. The van der Waals surface area contributed by atoms with Gasteiger partial charge in [-0.05, 0) is 31.4 Å². The molecule has 8 nitrogen and oxygen atoms in total. The Morgan fingerprint density at radius 1 is 1.21 bits per heavy atom. The fourth-order valence-electron chi connectivity index (χ4n) is 4.49. The van der Waals surface area contributed by atoms with E-state index in [0.29, 0.717) is 11.9 Å². The molecule has 0 radical (unpaired) electrons. The summed E-state index contributed by atoms with van der Waals surface area (Å²) >= 11 is 0. The van der Waals surface area contributed by atoms with Crippen molar-refractivity contribution < 1.29 is 0 Å². The molecule has 1 aliphatic heterocycles. The van der Waals surface area contributed by atoms with Gasteiger partial charge in [0.25, 0.3) is 0 Å². The van der Waals surface area contributed by atoms with Crippen LogP contribution in [0.25, 0.3) is 17.1 Å². The van der Waals surface area contributed by atoms with E-state index in [0.717, 1.165) is 35.1 Å². The van der Waals surface area contributed by atoms with Crippen LogP contribution in [0, 0.1) is 0 Å². The van der Waals surface area contributed by atoms with Gasteiger partial charge in [-0.2, -0.15) is 0 Å². The third-order valence-corrected chi connectivity index (χ3v) is 5.84. The number of fused-ring (bicyclic) bond motifs is 3. The molecule has 8 heteroatoms. The zero-order valence-corrected chi connectivity index (χ0v) is 16.2. The van der Waals surface area contributed by atoms with E-state index in [1.54, 1.807) is 12.5 Å². The molecule has 144 valence electrons. The summed E-state index contributed by atoms with van der Waals surface area (Å²) < 4.78 is 2.05. The Labute approximate surface area is 164 Å². The van der Waals surface area contributed by atoms with Gasteiger partial charge in [0.1, 0.15) is 17.8 Å². The van der Waals surface area contributed by atoms with Crippen LogP contribution in [0.2, 0.25) is 0 Å². The number of rotatable bonds is 4. The second-order valence-corrected chi connectivity index (χ2v) is 7.41. The Balaban J connectivity index is 1.67. The van der Waals surface area contributed by atoms with Crippen molar-refractivity contribution in [3.8, 4) is 17.1 Å². The smallest absolute Gasteiger partial charge is 0.161 e. The highest BCUT2D eigenvalue weighted by atomic mass is 15.4. The molecule has 1 N–H and O–H groups in total. The summed E-state index contributed by atoms with van der Waals surface area (Å²) in [5.74, 6) is 3.49. The summed E-state index contributed by atoms with van der Waals surface area (Å²) in [6, 6.07) is 4.60. The summed E-state index contributed by atoms with van der Waals surface area (Å²) in [4.78, 5) is 16.5. The van der Waals surface area contributed by atoms with Gasteiger partial charge in [-0.1, -0.05) is 19.8 Å². The Morgan fingerprint density at radius 2 is 2.07 bits per heavy atom. The normalized spacial score (nSPS) is 18.8. The van der Waals surface area contributed by atoms with Gasteiger partial charge in [-0.25, -0.2) is 15.0 Å². The van der Waals surface area contributed by atoms with E-state index in [2.05, 4.69) is 37.3 Å². The lowest BCUT2D eigenvalue weighted by Gasteiger charge is -2.40. The van der Waals surface area contributed by atoms with E-state index >= 15 is 0 Å². The maximum absolute atomic E-state index is 5.04. The van der Waals surface area contributed by atoms with Gasteiger partial charge in [0.15, 0.2) is 17.5 Å². The number of aromatic nitrogens is 6. The average molecular weight is 376 g/mol. The van der Waals surface area contributed by atoms with Crippen LogP contribution in [0.3, 0.4) is 0 Å². The van der Waals surface area contributed by atoms with Crippen molar-refractivity contribution in [1.82, 2.24) is 29.7 Å². The Morgan fingerprint density at radius 3 is 2.86 bits per heavy atom. The molecule has 0 bridgehead atoms. The second kappa shape index (κ2) is 6.85. The van der Waals surface area contributed by atoms with E-state index in [9.17, 15) is 0 Å². The fraction of sp³-hybridized carbons (Fsp3) is 0.450. The molecule has 0 aromatic carbocycles. The minimum absolute atomic E-state index is 0.186. The zero-order valence-electron chi connectivity index (χ0n) is 16.2. The van der Waals surface area contributed by atoms with E-state index < -0.39 is 0 Å². The van der Waals surface area contributed by atoms with Crippen LogP contribution < -0.4 is 10.2 Å². The van der Waals surface area contributed by atoms with Gasteiger partial charge in [0.2, 0.25) is 0 Å². The first-order chi connectivity index (χ1) is 13.8.